The van der Waals surface area contributed by atoms with Crippen LogP contribution in [0.15, 0.2) is 78.9 Å². The summed E-state index contributed by atoms with van der Waals surface area (Å²) in [6.45, 7) is 0. The van der Waals surface area contributed by atoms with E-state index in [1.807, 2.05) is 66.7 Å². The zero-order valence-electron chi connectivity index (χ0n) is 16.7. The molecule has 0 atom stereocenters. The van der Waals surface area contributed by atoms with Crippen molar-refractivity contribution in [1.82, 2.24) is 0 Å². The topological polar surface area (TPSA) is 75.3 Å². The van der Waals surface area contributed by atoms with Crippen molar-refractivity contribution in [1.29, 1.82) is 0 Å². The summed E-state index contributed by atoms with van der Waals surface area (Å²) < 4.78 is 26.2. The molecule has 0 unspecified atom stereocenters. The smallest absolute Gasteiger partial charge is 0.265 e. The van der Waals surface area contributed by atoms with Crippen LogP contribution in [0.5, 0.6) is 0 Å². The van der Waals surface area contributed by atoms with Gasteiger partial charge in [-0.3, -0.25) is 9.52 Å². The molecule has 0 aliphatic heterocycles. The molecule has 0 radical (unpaired) electrons. The van der Waals surface area contributed by atoms with Gasteiger partial charge < -0.3 is 5.32 Å². The Hall–Kier alpha value is -3.42. The van der Waals surface area contributed by atoms with Gasteiger partial charge in [-0.15, -0.1) is 11.3 Å². The molecule has 0 bridgehead atoms. The molecule has 1 amide bonds. The highest BCUT2D eigenvalue weighted by atomic mass is 32.2. The summed E-state index contributed by atoms with van der Waals surface area (Å²) in [6, 6.07) is 24.6. The van der Waals surface area contributed by atoms with Crippen molar-refractivity contribution in [3.8, 4) is 0 Å². The minimum absolute atomic E-state index is 0.206. The summed E-state index contributed by atoms with van der Waals surface area (Å²) in [5, 5.41) is 3.75. The second-order valence-corrected chi connectivity index (χ2v) is 9.89. The second-order valence-electron chi connectivity index (χ2n) is 7.06. The largest absolute Gasteiger partial charge is 0.321 e. The zero-order valence-corrected chi connectivity index (χ0v) is 18.3. The minimum Gasteiger partial charge on any atom is -0.321 e. The van der Waals surface area contributed by atoms with Gasteiger partial charge in [0.1, 0.15) is 0 Å². The van der Waals surface area contributed by atoms with Gasteiger partial charge in [0.25, 0.3) is 5.91 Å². The van der Waals surface area contributed by atoms with Crippen LogP contribution >= 0.6 is 11.3 Å². The molecule has 3 aromatic carbocycles. The number of nitrogens with one attached hydrogen (secondary N) is 2. The first-order valence-corrected chi connectivity index (χ1v) is 12.2. The lowest BCUT2D eigenvalue weighted by Crippen LogP contribution is -2.10. The highest BCUT2D eigenvalue weighted by molar-refractivity contribution is 7.92. The predicted octanol–water partition coefficient (Wildman–Crippen LogP) is 5.70. The molecule has 2 N–H and O–H groups in total. The fourth-order valence-corrected chi connectivity index (χ4v) is 4.60. The molecule has 4 rings (SSSR count). The Labute approximate surface area is 185 Å². The number of fused-ring (bicyclic) bond motifs is 1. The number of hydrogen-bond donors (Lipinski definition) is 2. The molecule has 0 saturated heterocycles. The van der Waals surface area contributed by atoms with Gasteiger partial charge in [0.2, 0.25) is 10.0 Å². The van der Waals surface area contributed by atoms with Crippen molar-refractivity contribution in [3.05, 3.63) is 94.9 Å². The Morgan fingerprint density at radius 3 is 2.35 bits per heavy atom. The number of carbonyl (C=O) groups is 1. The van der Waals surface area contributed by atoms with E-state index in [1.54, 1.807) is 24.3 Å². The van der Waals surface area contributed by atoms with Crippen molar-refractivity contribution in [2.75, 3.05) is 16.3 Å². The van der Waals surface area contributed by atoms with Crippen molar-refractivity contribution < 1.29 is 13.2 Å². The number of rotatable bonds is 6. The second kappa shape index (κ2) is 8.75. The first-order valence-electron chi connectivity index (χ1n) is 9.52. The third-order valence-electron chi connectivity index (χ3n) is 4.46. The Bertz CT molecular complexity index is 1370. The molecular weight excluding hydrogens is 428 g/mol. The maximum atomic E-state index is 12.8. The predicted molar refractivity (Wildman–Crippen MR) is 130 cm³/mol. The van der Waals surface area contributed by atoms with Gasteiger partial charge in [-0.2, -0.15) is 0 Å². The van der Waals surface area contributed by atoms with Gasteiger partial charge in [-0.1, -0.05) is 54.6 Å². The Morgan fingerprint density at radius 2 is 1.58 bits per heavy atom. The first-order chi connectivity index (χ1) is 14.9. The van der Waals surface area contributed by atoms with Crippen LogP contribution in [0.4, 0.5) is 11.4 Å². The molecule has 0 spiro atoms. The van der Waals surface area contributed by atoms with Gasteiger partial charge in [0.15, 0.2) is 0 Å². The Kier molecular flexibility index (Phi) is 5.88. The van der Waals surface area contributed by atoms with Gasteiger partial charge in [-0.05, 0) is 52.9 Å². The molecular formula is C24H20N2O3S2. The molecule has 1 heterocycles. The highest BCUT2D eigenvalue weighted by Gasteiger charge is 2.12. The molecule has 31 heavy (non-hydrogen) atoms. The lowest BCUT2D eigenvalue weighted by Gasteiger charge is -2.04. The summed E-state index contributed by atoms with van der Waals surface area (Å²) in [4.78, 5) is 13.3. The molecule has 7 heteroatoms. The number of amides is 1. The lowest BCUT2D eigenvalue weighted by molar-refractivity contribution is 0.103. The summed E-state index contributed by atoms with van der Waals surface area (Å²) in [5.74, 6) is -0.206. The third-order valence-corrected chi connectivity index (χ3v) is 6.18. The van der Waals surface area contributed by atoms with Gasteiger partial charge in [-0.25, -0.2) is 8.42 Å². The van der Waals surface area contributed by atoms with Crippen LogP contribution in [-0.2, 0) is 10.0 Å². The fraction of sp³-hybridized carbons (Fsp3) is 0.0417. The number of benzene rings is 3. The van der Waals surface area contributed by atoms with Gasteiger partial charge in [0, 0.05) is 16.1 Å². The highest BCUT2D eigenvalue weighted by Crippen LogP contribution is 2.29. The maximum absolute atomic E-state index is 12.8. The number of thiophene rings is 1. The van der Waals surface area contributed by atoms with Crippen LogP contribution in [0.25, 0.3) is 22.2 Å². The van der Waals surface area contributed by atoms with Crippen LogP contribution in [0.3, 0.4) is 0 Å². The maximum Gasteiger partial charge on any atom is 0.265 e. The molecule has 0 fully saturated rings. The van der Waals surface area contributed by atoms with Crippen LogP contribution in [0, 0.1) is 0 Å². The molecule has 156 valence electrons. The van der Waals surface area contributed by atoms with E-state index in [-0.39, 0.29) is 5.91 Å². The Morgan fingerprint density at radius 1 is 0.839 bits per heavy atom. The molecule has 4 aromatic rings. The van der Waals surface area contributed by atoms with E-state index in [4.69, 9.17) is 0 Å². The Balaban J connectivity index is 1.50. The first kappa shape index (κ1) is 20.8. The number of hydrogen-bond acceptors (Lipinski definition) is 4. The average Bonchev–Trinajstić information content (AvgIpc) is 3.16. The minimum atomic E-state index is -3.35. The zero-order chi connectivity index (χ0) is 21.8. The number of carbonyl (C=O) groups excluding carboxylic acids is 1. The van der Waals surface area contributed by atoms with E-state index in [2.05, 4.69) is 10.0 Å². The SMILES string of the molecule is CS(=O)(=O)Nc1ccc2sc(C(=O)Nc3cccc(C=Cc4ccccc4)c3)cc2c1. The van der Waals surface area contributed by atoms with Crippen molar-refractivity contribution in [2.45, 2.75) is 0 Å². The van der Waals surface area contributed by atoms with Crippen molar-refractivity contribution in [3.63, 3.8) is 0 Å². The summed E-state index contributed by atoms with van der Waals surface area (Å²) in [5.41, 5.74) is 3.26. The van der Waals surface area contributed by atoms with Crippen LogP contribution in [0.1, 0.15) is 20.8 Å². The van der Waals surface area contributed by atoms with E-state index in [1.165, 1.54) is 11.3 Å². The van der Waals surface area contributed by atoms with Crippen LogP contribution < -0.4 is 10.0 Å². The fourth-order valence-electron chi connectivity index (χ4n) is 3.10. The molecule has 0 aliphatic carbocycles. The van der Waals surface area contributed by atoms with E-state index in [0.717, 1.165) is 27.5 Å². The standard InChI is InChI=1S/C24H20N2O3S2/c1-31(28,29)26-21-12-13-22-19(15-21)16-23(30-22)24(27)25-20-9-5-8-18(14-20)11-10-17-6-3-2-4-7-17/h2-16,26H,1H3,(H,25,27). The average molecular weight is 449 g/mol. The molecule has 0 aliphatic rings. The molecule has 5 nitrogen and oxygen atoms in total. The van der Waals surface area contributed by atoms with Crippen molar-refractivity contribution in [2.24, 2.45) is 0 Å². The molecule has 0 saturated carbocycles. The monoisotopic (exact) mass is 448 g/mol. The van der Waals surface area contributed by atoms with E-state index < -0.39 is 10.0 Å². The molecule has 1 aromatic heterocycles. The van der Waals surface area contributed by atoms with Gasteiger partial charge in [0.05, 0.1) is 11.1 Å². The van der Waals surface area contributed by atoms with Gasteiger partial charge >= 0.3 is 0 Å². The number of anilines is 2. The lowest BCUT2D eigenvalue weighted by atomic mass is 10.1. The quantitative estimate of drug-likeness (QED) is 0.372. The van der Waals surface area contributed by atoms with E-state index >= 15 is 0 Å². The van der Waals surface area contributed by atoms with Crippen LogP contribution in [-0.4, -0.2) is 20.6 Å². The third kappa shape index (κ3) is 5.59. The number of sulfonamides is 1. The summed E-state index contributed by atoms with van der Waals surface area (Å²) in [6.07, 6.45) is 5.13. The van der Waals surface area contributed by atoms with Crippen LogP contribution in [0.2, 0.25) is 0 Å². The van der Waals surface area contributed by atoms with Crippen molar-refractivity contribution >= 4 is 60.9 Å². The normalized spacial score (nSPS) is 11.6. The summed E-state index contributed by atoms with van der Waals surface area (Å²) in [7, 11) is -3.35. The van der Waals surface area contributed by atoms with E-state index in [9.17, 15) is 13.2 Å². The van der Waals surface area contributed by atoms with E-state index in [0.29, 0.717) is 16.3 Å². The summed E-state index contributed by atoms with van der Waals surface area (Å²) >= 11 is 1.36.